The Morgan fingerprint density at radius 3 is 2.64 bits per heavy atom. The lowest BCUT2D eigenvalue weighted by Gasteiger charge is -2.37. The number of carbonyl (C=O) groups is 1. The number of carbonyl (C=O) groups excluding carboxylic acids is 1. The second-order valence-electron chi connectivity index (χ2n) is 6.37. The number of anilines is 1. The predicted octanol–water partition coefficient (Wildman–Crippen LogP) is 0.137. The van der Waals surface area contributed by atoms with Gasteiger partial charge in [0, 0.05) is 56.2 Å². The number of piperazine rings is 1. The molecule has 1 aliphatic heterocycles. The Bertz CT molecular complexity index is 533. The second kappa shape index (κ2) is 6.22. The van der Waals surface area contributed by atoms with E-state index in [4.69, 9.17) is 5.73 Å². The summed E-state index contributed by atoms with van der Waals surface area (Å²) in [6.45, 7) is 5.17. The number of hydrogen-bond acceptors (Lipinski definition) is 5. The van der Waals surface area contributed by atoms with E-state index >= 15 is 0 Å². The largest absolute Gasteiger partial charge is 0.391 e. The molecule has 0 radical (unpaired) electrons. The molecule has 2 aliphatic rings. The average molecular weight is 304 g/mol. The van der Waals surface area contributed by atoms with Crippen molar-refractivity contribution in [3.63, 3.8) is 0 Å². The smallest absolute Gasteiger partial charge is 0.225 e. The quantitative estimate of drug-likeness (QED) is 0.812. The Kier molecular flexibility index (Phi) is 4.31. The van der Waals surface area contributed by atoms with Gasteiger partial charge in [-0.3, -0.25) is 9.78 Å². The van der Waals surface area contributed by atoms with Crippen LogP contribution in [0, 0.1) is 12.8 Å². The highest BCUT2D eigenvalue weighted by atomic mass is 16.3. The summed E-state index contributed by atoms with van der Waals surface area (Å²) in [5.74, 6) is 0.0392. The van der Waals surface area contributed by atoms with E-state index in [9.17, 15) is 9.90 Å². The van der Waals surface area contributed by atoms with E-state index in [0.717, 1.165) is 31.7 Å². The summed E-state index contributed by atoms with van der Waals surface area (Å²) < 4.78 is 0. The van der Waals surface area contributed by atoms with Gasteiger partial charge in [-0.25, -0.2) is 0 Å². The molecule has 1 aromatic heterocycles. The van der Waals surface area contributed by atoms with Crippen LogP contribution in [0.25, 0.3) is 0 Å². The highest BCUT2D eigenvalue weighted by Gasteiger charge is 2.37. The minimum absolute atomic E-state index is 0.112. The van der Waals surface area contributed by atoms with Gasteiger partial charge < -0.3 is 20.6 Å². The van der Waals surface area contributed by atoms with Crippen molar-refractivity contribution in [3.8, 4) is 0 Å². The standard InChI is InChI=1S/C16H24N4O2/c1-11-10-18-3-2-14(11)19-4-6-20(7-5-19)16(22)12-8-13(17)15(21)9-12/h2-3,10,12-13,15,21H,4-9,17H2,1H3/t12-,13+,15+/m0/s1. The van der Waals surface area contributed by atoms with E-state index in [2.05, 4.69) is 16.8 Å². The van der Waals surface area contributed by atoms with Crippen molar-refractivity contribution in [1.29, 1.82) is 0 Å². The number of nitrogens with zero attached hydrogens (tertiary/aromatic N) is 3. The van der Waals surface area contributed by atoms with Crippen molar-refractivity contribution in [3.05, 3.63) is 24.0 Å². The molecule has 1 amide bonds. The van der Waals surface area contributed by atoms with Crippen LogP contribution in [0.1, 0.15) is 18.4 Å². The fourth-order valence-electron chi connectivity index (χ4n) is 3.50. The van der Waals surface area contributed by atoms with Crippen LogP contribution in [0.15, 0.2) is 18.5 Å². The van der Waals surface area contributed by atoms with Gasteiger partial charge in [0.05, 0.1) is 6.10 Å². The lowest BCUT2D eigenvalue weighted by molar-refractivity contribution is -0.135. The third kappa shape index (κ3) is 2.94. The maximum absolute atomic E-state index is 12.5. The highest BCUT2D eigenvalue weighted by molar-refractivity contribution is 5.79. The van der Waals surface area contributed by atoms with Crippen molar-refractivity contribution in [2.24, 2.45) is 11.7 Å². The Labute approximate surface area is 130 Å². The molecule has 6 heteroatoms. The summed E-state index contributed by atoms with van der Waals surface area (Å²) in [6, 6.07) is 1.77. The van der Waals surface area contributed by atoms with Gasteiger partial charge in [0.1, 0.15) is 0 Å². The van der Waals surface area contributed by atoms with Crippen LogP contribution < -0.4 is 10.6 Å². The normalized spacial score (nSPS) is 29.0. The molecule has 6 nitrogen and oxygen atoms in total. The molecule has 1 saturated heterocycles. The Morgan fingerprint density at radius 1 is 1.32 bits per heavy atom. The molecule has 3 N–H and O–H groups in total. The van der Waals surface area contributed by atoms with E-state index in [-0.39, 0.29) is 17.9 Å². The second-order valence-corrected chi connectivity index (χ2v) is 6.37. The van der Waals surface area contributed by atoms with Crippen LogP contribution >= 0.6 is 0 Å². The van der Waals surface area contributed by atoms with Gasteiger partial charge >= 0.3 is 0 Å². The van der Waals surface area contributed by atoms with Gasteiger partial charge in [0.2, 0.25) is 5.91 Å². The number of aliphatic hydroxyl groups excluding tert-OH is 1. The molecule has 0 bridgehead atoms. The highest BCUT2D eigenvalue weighted by Crippen LogP contribution is 2.27. The number of hydrogen-bond donors (Lipinski definition) is 2. The van der Waals surface area contributed by atoms with E-state index in [1.807, 2.05) is 17.2 Å². The minimum atomic E-state index is -0.533. The van der Waals surface area contributed by atoms with Crippen LogP contribution in [-0.2, 0) is 4.79 Å². The number of pyridine rings is 1. The Hall–Kier alpha value is -1.66. The number of amides is 1. The number of aromatic nitrogens is 1. The molecule has 2 fully saturated rings. The SMILES string of the molecule is Cc1cnccc1N1CCN(C(=O)[C@H]2C[C@@H](N)[C@H](O)C2)CC1. The first-order valence-electron chi connectivity index (χ1n) is 7.94. The third-order valence-electron chi connectivity index (χ3n) is 4.85. The van der Waals surface area contributed by atoms with E-state index < -0.39 is 6.10 Å². The summed E-state index contributed by atoms with van der Waals surface area (Å²) in [5.41, 5.74) is 8.17. The van der Waals surface area contributed by atoms with Crippen LogP contribution in [-0.4, -0.2) is 59.2 Å². The summed E-state index contributed by atoms with van der Waals surface area (Å²) in [6.07, 6.45) is 4.25. The zero-order chi connectivity index (χ0) is 15.7. The minimum Gasteiger partial charge on any atom is -0.391 e. The first kappa shape index (κ1) is 15.2. The van der Waals surface area contributed by atoms with Gasteiger partial charge in [0.15, 0.2) is 0 Å². The van der Waals surface area contributed by atoms with Gasteiger partial charge in [-0.15, -0.1) is 0 Å². The fourth-order valence-corrected chi connectivity index (χ4v) is 3.50. The molecule has 1 saturated carbocycles. The van der Waals surface area contributed by atoms with Gasteiger partial charge in [-0.1, -0.05) is 0 Å². The summed E-state index contributed by atoms with van der Waals surface area (Å²) in [7, 11) is 0. The zero-order valence-electron chi connectivity index (χ0n) is 13.0. The van der Waals surface area contributed by atoms with Crippen molar-refractivity contribution >= 4 is 11.6 Å². The zero-order valence-corrected chi connectivity index (χ0v) is 13.0. The summed E-state index contributed by atoms with van der Waals surface area (Å²) in [5, 5.41) is 9.73. The van der Waals surface area contributed by atoms with E-state index in [1.54, 1.807) is 6.20 Å². The Balaban J connectivity index is 1.58. The molecular formula is C16H24N4O2. The molecule has 1 aliphatic carbocycles. The molecule has 0 spiro atoms. The monoisotopic (exact) mass is 304 g/mol. The predicted molar refractivity (Wildman–Crippen MR) is 84.5 cm³/mol. The van der Waals surface area contributed by atoms with Crippen LogP contribution in [0.3, 0.4) is 0 Å². The Morgan fingerprint density at radius 2 is 2.05 bits per heavy atom. The number of aryl methyl sites for hydroxylation is 1. The molecule has 2 heterocycles. The topological polar surface area (TPSA) is 82.7 Å². The molecule has 3 atom stereocenters. The average Bonchev–Trinajstić information content (AvgIpc) is 2.87. The summed E-state index contributed by atoms with van der Waals surface area (Å²) in [4.78, 5) is 20.9. The van der Waals surface area contributed by atoms with Gasteiger partial charge in [0.25, 0.3) is 0 Å². The number of nitrogens with two attached hydrogens (primary N) is 1. The molecule has 0 unspecified atom stereocenters. The molecule has 1 aromatic rings. The van der Waals surface area contributed by atoms with Crippen molar-refractivity contribution in [2.45, 2.75) is 31.9 Å². The maximum Gasteiger partial charge on any atom is 0.225 e. The van der Waals surface area contributed by atoms with Crippen LogP contribution in [0.4, 0.5) is 5.69 Å². The number of aliphatic hydroxyl groups is 1. The molecule has 3 rings (SSSR count). The molecule has 0 aromatic carbocycles. The first-order chi connectivity index (χ1) is 10.6. The van der Waals surface area contributed by atoms with Crippen LogP contribution in [0.2, 0.25) is 0 Å². The van der Waals surface area contributed by atoms with Crippen molar-refractivity contribution < 1.29 is 9.90 Å². The number of rotatable bonds is 2. The van der Waals surface area contributed by atoms with Crippen molar-refractivity contribution in [1.82, 2.24) is 9.88 Å². The molecule has 22 heavy (non-hydrogen) atoms. The summed E-state index contributed by atoms with van der Waals surface area (Å²) >= 11 is 0. The van der Waals surface area contributed by atoms with Crippen LogP contribution in [0.5, 0.6) is 0 Å². The first-order valence-corrected chi connectivity index (χ1v) is 7.94. The maximum atomic E-state index is 12.5. The van der Waals surface area contributed by atoms with E-state index in [0.29, 0.717) is 12.8 Å². The third-order valence-corrected chi connectivity index (χ3v) is 4.85. The lowest BCUT2D eigenvalue weighted by Crippen LogP contribution is -2.50. The van der Waals surface area contributed by atoms with E-state index in [1.165, 1.54) is 5.69 Å². The fraction of sp³-hybridized carbons (Fsp3) is 0.625. The van der Waals surface area contributed by atoms with Gasteiger partial charge in [-0.05, 0) is 31.4 Å². The lowest BCUT2D eigenvalue weighted by atomic mass is 10.1. The molecular weight excluding hydrogens is 280 g/mol. The molecule has 120 valence electrons. The van der Waals surface area contributed by atoms with Crippen molar-refractivity contribution in [2.75, 3.05) is 31.1 Å². The van der Waals surface area contributed by atoms with Gasteiger partial charge in [-0.2, -0.15) is 0 Å².